The molecule has 0 amide bonds. The number of carbonyl (C=O) groups excluding carboxylic acids is 1. The molecule has 2 fully saturated rings. The SMILES string of the molecule is O=C(OCC1CCCCO1)C1CCCCO1. The minimum atomic E-state index is -0.336. The van der Waals surface area contributed by atoms with Crippen LogP contribution in [0.5, 0.6) is 0 Å². The van der Waals surface area contributed by atoms with E-state index in [9.17, 15) is 4.79 Å². The fourth-order valence-corrected chi connectivity index (χ4v) is 2.13. The van der Waals surface area contributed by atoms with Crippen LogP contribution in [0.3, 0.4) is 0 Å². The van der Waals surface area contributed by atoms with Gasteiger partial charge in [-0.1, -0.05) is 0 Å². The summed E-state index contributed by atoms with van der Waals surface area (Å²) in [6.45, 7) is 1.86. The molecule has 2 heterocycles. The summed E-state index contributed by atoms with van der Waals surface area (Å²) in [4.78, 5) is 11.6. The van der Waals surface area contributed by atoms with Crippen LogP contribution < -0.4 is 0 Å². The standard InChI is InChI=1S/C12H20O4/c13-12(11-6-2-4-8-15-11)16-9-10-5-1-3-7-14-10/h10-11H,1-9H2. The maximum absolute atomic E-state index is 11.6. The summed E-state index contributed by atoms with van der Waals surface area (Å²) in [5.74, 6) is -0.214. The largest absolute Gasteiger partial charge is 0.461 e. The predicted molar refractivity (Wildman–Crippen MR) is 58.1 cm³/mol. The zero-order chi connectivity index (χ0) is 11.2. The van der Waals surface area contributed by atoms with Crippen LogP contribution in [0, 0.1) is 0 Å². The number of carbonyl (C=O) groups is 1. The van der Waals surface area contributed by atoms with Crippen LogP contribution in [-0.4, -0.2) is 38.0 Å². The second-order valence-electron chi connectivity index (χ2n) is 4.47. The van der Waals surface area contributed by atoms with E-state index in [1.807, 2.05) is 0 Å². The summed E-state index contributed by atoms with van der Waals surface area (Å²) in [6.07, 6.45) is 5.95. The molecule has 4 nitrogen and oxygen atoms in total. The quantitative estimate of drug-likeness (QED) is 0.689. The molecule has 0 aromatic rings. The first-order valence-corrected chi connectivity index (χ1v) is 6.26. The maximum atomic E-state index is 11.6. The number of esters is 1. The van der Waals surface area contributed by atoms with Crippen molar-refractivity contribution in [2.24, 2.45) is 0 Å². The normalized spacial score (nSPS) is 31.0. The van der Waals surface area contributed by atoms with E-state index in [-0.39, 0.29) is 18.2 Å². The molecule has 0 bridgehead atoms. The molecule has 2 aliphatic rings. The van der Waals surface area contributed by atoms with Gasteiger partial charge in [-0.2, -0.15) is 0 Å². The highest BCUT2D eigenvalue weighted by Crippen LogP contribution is 2.16. The Morgan fingerprint density at radius 2 is 1.81 bits per heavy atom. The maximum Gasteiger partial charge on any atom is 0.335 e. The lowest BCUT2D eigenvalue weighted by Gasteiger charge is -2.24. The first-order chi connectivity index (χ1) is 7.86. The Balaban J connectivity index is 1.65. The highest BCUT2D eigenvalue weighted by Gasteiger charge is 2.24. The van der Waals surface area contributed by atoms with Gasteiger partial charge in [-0.3, -0.25) is 0 Å². The monoisotopic (exact) mass is 228 g/mol. The van der Waals surface area contributed by atoms with Crippen molar-refractivity contribution in [2.75, 3.05) is 19.8 Å². The molecule has 2 rings (SSSR count). The van der Waals surface area contributed by atoms with Crippen molar-refractivity contribution in [3.8, 4) is 0 Å². The Hall–Kier alpha value is -0.610. The summed E-state index contributed by atoms with van der Waals surface area (Å²) < 4.78 is 16.1. The van der Waals surface area contributed by atoms with Crippen molar-refractivity contribution in [3.05, 3.63) is 0 Å². The van der Waals surface area contributed by atoms with Gasteiger partial charge in [0.2, 0.25) is 0 Å². The summed E-state index contributed by atoms with van der Waals surface area (Å²) in [5.41, 5.74) is 0. The van der Waals surface area contributed by atoms with E-state index in [4.69, 9.17) is 14.2 Å². The van der Waals surface area contributed by atoms with Gasteiger partial charge in [0.05, 0.1) is 6.10 Å². The van der Waals surface area contributed by atoms with E-state index in [1.165, 1.54) is 6.42 Å². The molecule has 4 heteroatoms. The zero-order valence-corrected chi connectivity index (χ0v) is 9.65. The molecule has 92 valence electrons. The highest BCUT2D eigenvalue weighted by atomic mass is 16.6. The van der Waals surface area contributed by atoms with Crippen LogP contribution >= 0.6 is 0 Å². The molecule has 2 atom stereocenters. The predicted octanol–water partition coefficient (Wildman–Crippen LogP) is 1.67. The lowest BCUT2D eigenvalue weighted by molar-refractivity contribution is -0.165. The summed E-state index contributed by atoms with van der Waals surface area (Å²) in [5, 5.41) is 0. The van der Waals surface area contributed by atoms with Gasteiger partial charge < -0.3 is 14.2 Å². The van der Waals surface area contributed by atoms with Gasteiger partial charge in [-0.25, -0.2) is 4.79 Å². The second kappa shape index (κ2) is 6.21. The number of hydrogen-bond donors (Lipinski definition) is 0. The summed E-state index contributed by atoms with van der Waals surface area (Å²) >= 11 is 0. The molecule has 0 aromatic carbocycles. The molecule has 0 aliphatic carbocycles. The van der Waals surface area contributed by atoms with Crippen LogP contribution in [0.1, 0.15) is 38.5 Å². The van der Waals surface area contributed by atoms with E-state index < -0.39 is 0 Å². The first-order valence-electron chi connectivity index (χ1n) is 6.26. The molecule has 2 saturated heterocycles. The molecule has 0 N–H and O–H groups in total. The fourth-order valence-electron chi connectivity index (χ4n) is 2.13. The molecule has 16 heavy (non-hydrogen) atoms. The third-order valence-electron chi connectivity index (χ3n) is 3.13. The lowest BCUT2D eigenvalue weighted by atomic mass is 10.1. The van der Waals surface area contributed by atoms with Crippen LogP contribution in [0.15, 0.2) is 0 Å². The van der Waals surface area contributed by atoms with Gasteiger partial charge in [0.1, 0.15) is 6.61 Å². The highest BCUT2D eigenvalue weighted by molar-refractivity contribution is 5.74. The molecular weight excluding hydrogens is 208 g/mol. The number of rotatable bonds is 3. The van der Waals surface area contributed by atoms with Gasteiger partial charge in [0.25, 0.3) is 0 Å². The molecule has 2 unspecified atom stereocenters. The minimum Gasteiger partial charge on any atom is -0.461 e. The minimum absolute atomic E-state index is 0.0984. The second-order valence-corrected chi connectivity index (χ2v) is 4.47. The van der Waals surface area contributed by atoms with Gasteiger partial charge >= 0.3 is 5.97 Å². The molecule has 0 spiro atoms. The Kier molecular flexibility index (Phi) is 4.60. The smallest absolute Gasteiger partial charge is 0.335 e. The van der Waals surface area contributed by atoms with Crippen molar-refractivity contribution in [1.82, 2.24) is 0 Å². The van der Waals surface area contributed by atoms with E-state index in [1.54, 1.807) is 0 Å². The van der Waals surface area contributed by atoms with Crippen molar-refractivity contribution < 1.29 is 19.0 Å². The van der Waals surface area contributed by atoms with Gasteiger partial charge in [-0.05, 0) is 38.5 Å². The van der Waals surface area contributed by atoms with Crippen molar-refractivity contribution in [3.63, 3.8) is 0 Å². The molecule has 2 aliphatic heterocycles. The average Bonchev–Trinajstić information content (AvgIpc) is 2.38. The Labute approximate surface area is 96.2 Å². The Morgan fingerprint density at radius 1 is 1.06 bits per heavy atom. The summed E-state index contributed by atoms with van der Waals surface area (Å²) in [6, 6.07) is 0. The van der Waals surface area contributed by atoms with E-state index in [0.717, 1.165) is 38.7 Å². The summed E-state index contributed by atoms with van der Waals surface area (Å²) in [7, 11) is 0. The molecular formula is C12H20O4. The van der Waals surface area contributed by atoms with Crippen molar-refractivity contribution in [1.29, 1.82) is 0 Å². The molecule has 0 saturated carbocycles. The third-order valence-corrected chi connectivity index (χ3v) is 3.13. The number of ether oxygens (including phenoxy) is 3. The first kappa shape index (κ1) is 11.9. The van der Waals surface area contributed by atoms with Gasteiger partial charge in [-0.15, -0.1) is 0 Å². The topological polar surface area (TPSA) is 44.8 Å². The van der Waals surface area contributed by atoms with Crippen molar-refractivity contribution >= 4 is 5.97 Å². The van der Waals surface area contributed by atoms with Crippen LogP contribution in [0.4, 0.5) is 0 Å². The van der Waals surface area contributed by atoms with Crippen molar-refractivity contribution in [2.45, 2.75) is 50.7 Å². The van der Waals surface area contributed by atoms with Crippen LogP contribution in [-0.2, 0) is 19.0 Å². The lowest BCUT2D eigenvalue weighted by Crippen LogP contribution is -2.33. The van der Waals surface area contributed by atoms with E-state index in [0.29, 0.717) is 13.2 Å². The van der Waals surface area contributed by atoms with Crippen LogP contribution in [0.2, 0.25) is 0 Å². The van der Waals surface area contributed by atoms with Gasteiger partial charge in [0.15, 0.2) is 6.10 Å². The average molecular weight is 228 g/mol. The Morgan fingerprint density at radius 3 is 2.44 bits per heavy atom. The fraction of sp³-hybridized carbons (Fsp3) is 0.917. The molecule has 0 aromatic heterocycles. The third kappa shape index (κ3) is 3.46. The van der Waals surface area contributed by atoms with E-state index in [2.05, 4.69) is 0 Å². The van der Waals surface area contributed by atoms with E-state index >= 15 is 0 Å². The van der Waals surface area contributed by atoms with Crippen LogP contribution in [0.25, 0.3) is 0 Å². The number of hydrogen-bond acceptors (Lipinski definition) is 4. The molecule has 0 radical (unpaired) electrons. The van der Waals surface area contributed by atoms with Gasteiger partial charge in [0, 0.05) is 13.2 Å². The zero-order valence-electron chi connectivity index (χ0n) is 9.65. The Bertz CT molecular complexity index is 217.